The lowest BCUT2D eigenvalue weighted by molar-refractivity contribution is 0.519. The van der Waals surface area contributed by atoms with Gasteiger partial charge in [-0.05, 0) is 49.8 Å². The highest BCUT2D eigenvalue weighted by molar-refractivity contribution is 7.89. The first-order valence-electron chi connectivity index (χ1n) is 6.23. The number of hydrogen-bond acceptors (Lipinski definition) is 3. The second-order valence-corrected chi connectivity index (χ2v) is 6.75. The van der Waals surface area contributed by atoms with Crippen LogP contribution in [-0.2, 0) is 10.0 Å². The summed E-state index contributed by atoms with van der Waals surface area (Å²) in [4.78, 5) is 0.363. The highest BCUT2D eigenvalue weighted by atomic mass is 32.2. The second kappa shape index (κ2) is 4.99. The quantitative estimate of drug-likeness (QED) is 0.846. The largest absolute Gasteiger partial charge is 0.329 e. The SMILES string of the molecule is Cc1ccc(C)c(S(=O)(=O)NC(CN)C2CC2)c1. The molecular weight excluding hydrogens is 248 g/mol. The number of sulfonamides is 1. The molecule has 0 amide bonds. The fourth-order valence-corrected chi connectivity index (χ4v) is 3.74. The van der Waals surface area contributed by atoms with Crippen LogP contribution < -0.4 is 10.5 Å². The van der Waals surface area contributed by atoms with Gasteiger partial charge < -0.3 is 5.73 Å². The maximum atomic E-state index is 12.3. The molecule has 3 N–H and O–H groups in total. The van der Waals surface area contributed by atoms with E-state index < -0.39 is 10.0 Å². The van der Waals surface area contributed by atoms with Crippen LogP contribution >= 0.6 is 0 Å². The van der Waals surface area contributed by atoms with Crippen LogP contribution in [0.25, 0.3) is 0 Å². The molecule has 0 bridgehead atoms. The van der Waals surface area contributed by atoms with Crippen molar-refractivity contribution < 1.29 is 8.42 Å². The van der Waals surface area contributed by atoms with E-state index in [2.05, 4.69) is 4.72 Å². The number of aryl methyl sites for hydroxylation is 2. The first kappa shape index (κ1) is 13.5. The molecule has 18 heavy (non-hydrogen) atoms. The molecule has 0 spiro atoms. The Kier molecular flexibility index (Phi) is 3.75. The van der Waals surface area contributed by atoms with Gasteiger partial charge in [0.05, 0.1) is 4.90 Å². The van der Waals surface area contributed by atoms with Gasteiger partial charge in [0.25, 0.3) is 0 Å². The minimum Gasteiger partial charge on any atom is -0.329 e. The third kappa shape index (κ3) is 2.91. The summed E-state index contributed by atoms with van der Waals surface area (Å²) in [5.74, 6) is 0.412. The van der Waals surface area contributed by atoms with E-state index in [1.165, 1.54) is 0 Å². The van der Waals surface area contributed by atoms with Crippen molar-refractivity contribution in [3.05, 3.63) is 29.3 Å². The van der Waals surface area contributed by atoms with Crippen molar-refractivity contribution in [3.63, 3.8) is 0 Å². The minimum atomic E-state index is -3.46. The van der Waals surface area contributed by atoms with Gasteiger partial charge in [0, 0.05) is 12.6 Å². The normalized spacial score (nSPS) is 17.7. The van der Waals surface area contributed by atoms with E-state index >= 15 is 0 Å². The summed E-state index contributed by atoms with van der Waals surface area (Å²) in [6.45, 7) is 4.05. The Morgan fingerprint density at radius 2 is 2.06 bits per heavy atom. The van der Waals surface area contributed by atoms with Crippen molar-refractivity contribution in [3.8, 4) is 0 Å². The van der Waals surface area contributed by atoms with E-state index in [9.17, 15) is 8.42 Å². The maximum absolute atomic E-state index is 12.3. The minimum absolute atomic E-state index is 0.130. The Hall–Kier alpha value is -0.910. The number of hydrogen-bond donors (Lipinski definition) is 2. The van der Waals surface area contributed by atoms with E-state index in [0.717, 1.165) is 24.0 Å². The average Bonchev–Trinajstić information content (AvgIpc) is 3.13. The van der Waals surface area contributed by atoms with Gasteiger partial charge in [0.15, 0.2) is 0 Å². The van der Waals surface area contributed by atoms with Gasteiger partial charge in [-0.15, -0.1) is 0 Å². The predicted octanol–water partition coefficient (Wildman–Crippen LogP) is 1.32. The van der Waals surface area contributed by atoms with E-state index in [1.807, 2.05) is 26.0 Å². The third-order valence-electron chi connectivity index (χ3n) is 3.38. The zero-order chi connectivity index (χ0) is 13.3. The maximum Gasteiger partial charge on any atom is 0.241 e. The first-order valence-corrected chi connectivity index (χ1v) is 7.72. The van der Waals surface area contributed by atoms with Crippen LogP contribution in [0, 0.1) is 19.8 Å². The predicted molar refractivity (Wildman–Crippen MR) is 71.8 cm³/mol. The molecule has 1 aromatic carbocycles. The summed E-state index contributed by atoms with van der Waals surface area (Å²) in [5.41, 5.74) is 7.34. The van der Waals surface area contributed by atoms with Crippen molar-refractivity contribution in [1.29, 1.82) is 0 Å². The van der Waals surface area contributed by atoms with Crippen molar-refractivity contribution >= 4 is 10.0 Å². The molecule has 0 saturated heterocycles. The molecule has 1 saturated carbocycles. The van der Waals surface area contributed by atoms with Crippen molar-refractivity contribution in [2.75, 3.05) is 6.54 Å². The fourth-order valence-electron chi connectivity index (χ4n) is 2.09. The summed E-state index contributed by atoms with van der Waals surface area (Å²) in [7, 11) is -3.46. The Labute approximate surface area is 109 Å². The molecule has 5 heteroatoms. The zero-order valence-corrected chi connectivity index (χ0v) is 11.6. The summed E-state index contributed by atoms with van der Waals surface area (Å²) in [6.07, 6.45) is 2.13. The molecule has 100 valence electrons. The molecule has 1 unspecified atom stereocenters. The Morgan fingerprint density at radius 3 is 2.61 bits per heavy atom. The van der Waals surface area contributed by atoms with Crippen molar-refractivity contribution in [2.45, 2.75) is 37.6 Å². The van der Waals surface area contributed by atoms with E-state index in [1.54, 1.807) is 6.07 Å². The lowest BCUT2D eigenvalue weighted by Gasteiger charge is -2.17. The number of nitrogens with two attached hydrogens (primary N) is 1. The molecular formula is C13H20N2O2S. The van der Waals surface area contributed by atoms with Crippen LogP contribution in [0.2, 0.25) is 0 Å². The molecule has 0 aliphatic heterocycles. The summed E-state index contributed by atoms with van der Waals surface area (Å²) >= 11 is 0. The van der Waals surface area contributed by atoms with E-state index in [0.29, 0.717) is 17.4 Å². The molecule has 4 nitrogen and oxygen atoms in total. The van der Waals surface area contributed by atoms with Gasteiger partial charge in [0.1, 0.15) is 0 Å². The first-order chi connectivity index (χ1) is 8.44. The molecule has 0 aromatic heterocycles. The molecule has 2 rings (SSSR count). The molecule has 1 fully saturated rings. The molecule has 1 aromatic rings. The van der Waals surface area contributed by atoms with Gasteiger partial charge in [-0.2, -0.15) is 0 Å². The second-order valence-electron chi connectivity index (χ2n) is 5.07. The topological polar surface area (TPSA) is 72.2 Å². The molecule has 1 atom stereocenters. The summed E-state index contributed by atoms with van der Waals surface area (Å²) < 4.78 is 27.4. The molecule has 0 radical (unpaired) electrons. The number of nitrogens with one attached hydrogen (secondary N) is 1. The van der Waals surface area contributed by atoms with Gasteiger partial charge in [-0.3, -0.25) is 0 Å². The van der Waals surface area contributed by atoms with E-state index in [-0.39, 0.29) is 6.04 Å². The van der Waals surface area contributed by atoms with Crippen molar-refractivity contribution in [1.82, 2.24) is 4.72 Å². The smallest absolute Gasteiger partial charge is 0.241 e. The summed E-state index contributed by atoms with van der Waals surface area (Å²) in [5, 5.41) is 0. The number of rotatable bonds is 5. The lowest BCUT2D eigenvalue weighted by atomic mass is 10.2. The van der Waals surface area contributed by atoms with Crippen LogP contribution in [0.5, 0.6) is 0 Å². The Bertz CT molecular complexity index is 536. The standard InChI is InChI=1S/C13H20N2O2S/c1-9-3-4-10(2)13(7-9)18(16,17)15-12(8-14)11-5-6-11/h3-4,7,11-12,15H,5-6,8,14H2,1-2H3. The highest BCUT2D eigenvalue weighted by Crippen LogP contribution is 2.33. The van der Waals surface area contributed by atoms with Gasteiger partial charge >= 0.3 is 0 Å². The van der Waals surface area contributed by atoms with Gasteiger partial charge in [0.2, 0.25) is 10.0 Å². The van der Waals surface area contributed by atoms with Crippen LogP contribution in [0.1, 0.15) is 24.0 Å². The number of benzene rings is 1. The van der Waals surface area contributed by atoms with Crippen LogP contribution in [0.4, 0.5) is 0 Å². The van der Waals surface area contributed by atoms with Crippen LogP contribution in [-0.4, -0.2) is 21.0 Å². The Morgan fingerprint density at radius 1 is 1.39 bits per heavy atom. The van der Waals surface area contributed by atoms with Gasteiger partial charge in [-0.1, -0.05) is 12.1 Å². The van der Waals surface area contributed by atoms with E-state index in [4.69, 9.17) is 5.73 Å². The average molecular weight is 268 g/mol. The molecule has 0 heterocycles. The van der Waals surface area contributed by atoms with Crippen molar-refractivity contribution in [2.24, 2.45) is 11.7 Å². The van der Waals surface area contributed by atoms with Crippen LogP contribution in [0.3, 0.4) is 0 Å². The Balaban J connectivity index is 2.26. The monoisotopic (exact) mass is 268 g/mol. The zero-order valence-electron chi connectivity index (χ0n) is 10.8. The fraction of sp³-hybridized carbons (Fsp3) is 0.538. The highest BCUT2D eigenvalue weighted by Gasteiger charge is 2.33. The molecule has 1 aliphatic rings. The van der Waals surface area contributed by atoms with Crippen LogP contribution in [0.15, 0.2) is 23.1 Å². The third-order valence-corrected chi connectivity index (χ3v) is 5.02. The molecule has 1 aliphatic carbocycles. The lowest BCUT2D eigenvalue weighted by Crippen LogP contribution is -2.41. The van der Waals surface area contributed by atoms with Gasteiger partial charge in [-0.25, -0.2) is 13.1 Å². The summed E-state index contributed by atoms with van der Waals surface area (Å²) in [6, 6.07) is 5.32.